The highest BCUT2D eigenvalue weighted by Gasteiger charge is 2.32. The van der Waals surface area contributed by atoms with Crippen LogP contribution in [0, 0.1) is 0 Å². The summed E-state index contributed by atoms with van der Waals surface area (Å²) >= 11 is 0. The maximum atomic E-state index is 12.8. The number of aliphatic imine (C=N–C) groups is 1. The zero-order valence-corrected chi connectivity index (χ0v) is 18.0. The molecule has 2 aliphatic rings. The number of aromatic amines is 1. The van der Waals surface area contributed by atoms with Gasteiger partial charge < -0.3 is 10.2 Å². The van der Waals surface area contributed by atoms with Crippen molar-refractivity contribution in [3.63, 3.8) is 0 Å². The second-order valence-electron chi connectivity index (χ2n) is 8.21. The van der Waals surface area contributed by atoms with Gasteiger partial charge in [0.1, 0.15) is 19.1 Å². The maximum absolute atomic E-state index is 12.8. The maximum Gasteiger partial charge on any atom is 0.274 e. The molecule has 2 aliphatic heterocycles. The molecule has 8 nitrogen and oxygen atoms in total. The van der Waals surface area contributed by atoms with Gasteiger partial charge in [-0.05, 0) is 29.7 Å². The summed E-state index contributed by atoms with van der Waals surface area (Å²) in [5.41, 5.74) is 1.92. The van der Waals surface area contributed by atoms with Gasteiger partial charge in [0.05, 0.1) is 25.7 Å². The molecule has 162 valence electrons. The van der Waals surface area contributed by atoms with E-state index in [1.165, 1.54) is 5.56 Å². The third kappa shape index (κ3) is 5.02. The molecule has 1 atom stereocenters. The Bertz CT molecular complexity index is 950. The number of aromatic nitrogens is 1. The Morgan fingerprint density at radius 2 is 1.81 bits per heavy atom. The molecule has 8 heteroatoms. The number of carbonyl (C=O) groups is 2. The van der Waals surface area contributed by atoms with Crippen LogP contribution in [0.15, 0.2) is 53.7 Å². The Morgan fingerprint density at radius 3 is 2.45 bits per heavy atom. The highest BCUT2D eigenvalue weighted by molar-refractivity contribution is 6.06. The van der Waals surface area contributed by atoms with Crippen molar-refractivity contribution in [3.8, 4) is 0 Å². The fourth-order valence-electron chi connectivity index (χ4n) is 3.81. The van der Waals surface area contributed by atoms with Crippen LogP contribution in [0.3, 0.4) is 0 Å². The minimum absolute atomic E-state index is 0.0539. The van der Waals surface area contributed by atoms with Gasteiger partial charge in [0.25, 0.3) is 5.82 Å². The number of carbonyl (C=O) groups excluding carboxylic acids is 2. The highest BCUT2D eigenvalue weighted by Crippen LogP contribution is 2.18. The van der Waals surface area contributed by atoms with Gasteiger partial charge in [-0.25, -0.2) is 9.98 Å². The summed E-state index contributed by atoms with van der Waals surface area (Å²) in [6, 6.07) is 13.1. The lowest BCUT2D eigenvalue weighted by Crippen LogP contribution is -2.56. The number of amides is 2. The minimum Gasteiger partial charge on any atom is -0.335 e. The summed E-state index contributed by atoms with van der Waals surface area (Å²) in [5, 5.41) is 5.73. The van der Waals surface area contributed by atoms with E-state index in [0.29, 0.717) is 30.7 Å². The van der Waals surface area contributed by atoms with Crippen LogP contribution in [0.1, 0.15) is 31.7 Å². The van der Waals surface area contributed by atoms with E-state index in [-0.39, 0.29) is 18.2 Å². The van der Waals surface area contributed by atoms with E-state index >= 15 is 0 Å². The average Bonchev–Trinajstić information content (AvgIpc) is 2.79. The topological polar surface area (TPSA) is 91.2 Å². The van der Waals surface area contributed by atoms with Gasteiger partial charge >= 0.3 is 0 Å². The Morgan fingerprint density at radius 1 is 1.10 bits per heavy atom. The molecule has 0 radical (unpaired) electrons. The summed E-state index contributed by atoms with van der Waals surface area (Å²) in [4.78, 5) is 37.2. The van der Waals surface area contributed by atoms with E-state index in [4.69, 9.17) is 0 Å². The summed E-state index contributed by atoms with van der Waals surface area (Å²) < 4.78 is 0. The van der Waals surface area contributed by atoms with Crippen molar-refractivity contribution in [2.45, 2.75) is 32.2 Å². The number of H-pyrrole nitrogens is 1. The number of nitrogens with one attached hydrogen (secondary N) is 3. The first-order chi connectivity index (χ1) is 15.0. The molecule has 1 fully saturated rings. The molecule has 0 unspecified atom stereocenters. The van der Waals surface area contributed by atoms with Crippen molar-refractivity contribution >= 4 is 29.3 Å². The monoisotopic (exact) mass is 421 g/mol. The normalized spacial score (nSPS) is 19.1. The van der Waals surface area contributed by atoms with Gasteiger partial charge in [0.2, 0.25) is 17.8 Å². The number of nitrogens with zero attached hydrogens (tertiary/aromatic N) is 3. The summed E-state index contributed by atoms with van der Waals surface area (Å²) in [6.45, 7) is 7.29. The van der Waals surface area contributed by atoms with E-state index in [2.05, 4.69) is 39.4 Å². The number of rotatable bonds is 4. The minimum atomic E-state index is -0.728. The molecule has 1 saturated heterocycles. The van der Waals surface area contributed by atoms with Gasteiger partial charge in [0.15, 0.2) is 0 Å². The van der Waals surface area contributed by atoms with Crippen molar-refractivity contribution < 1.29 is 14.6 Å². The van der Waals surface area contributed by atoms with Crippen molar-refractivity contribution in [1.29, 1.82) is 0 Å². The third-order valence-corrected chi connectivity index (χ3v) is 5.67. The van der Waals surface area contributed by atoms with Crippen molar-refractivity contribution in [2.24, 2.45) is 4.99 Å². The molecule has 2 aromatic rings. The van der Waals surface area contributed by atoms with Gasteiger partial charge in [-0.15, -0.1) is 0 Å². The van der Waals surface area contributed by atoms with Crippen molar-refractivity contribution in [3.05, 3.63) is 54.2 Å². The molecule has 2 amide bonds. The summed E-state index contributed by atoms with van der Waals surface area (Å²) in [6.07, 6.45) is 1.96. The SMILES string of the molecule is CC(C)c1ccc(NC(=O)[C@@H]2CC(=O)NC(N3CCN(c4cccc[nH+]4)CC3)=N2)cc1. The number of hydrogen-bond donors (Lipinski definition) is 2. The average molecular weight is 422 g/mol. The zero-order chi connectivity index (χ0) is 21.8. The van der Waals surface area contributed by atoms with Crippen LogP contribution in [-0.2, 0) is 9.59 Å². The van der Waals surface area contributed by atoms with Crippen LogP contribution in [0.25, 0.3) is 0 Å². The van der Waals surface area contributed by atoms with Crippen LogP contribution in [0.4, 0.5) is 11.5 Å². The van der Waals surface area contributed by atoms with Gasteiger partial charge in [0, 0.05) is 11.8 Å². The van der Waals surface area contributed by atoms with E-state index in [0.717, 1.165) is 18.9 Å². The van der Waals surface area contributed by atoms with Crippen LogP contribution in [0.2, 0.25) is 0 Å². The first-order valence-electron chi connectivity index (χ1n) is 10.7. The fourth-order valence-corrected chi connectivity index (χ4v) is 3.81. The molecule has 0 aliphatic carbocycles. The fraction of sp³-hybridized carbons (Fsp3) is 0.391. The largest absolute Gasteiger partial charge is 0.335 e. The van der Waals surface area contributed by atoms with Crippen molar-refractivity contribution in [1.82, 2.24) is 10.2 Å². The summed E-state index contributed by atoms with van der Waals surface area (Å²) in [5.74, 6) is 1.54. The smallest absolute Gasteiger partial charge is 0.274 e. The molecule has 1 aromatic carbocycles. The Labute approximate surface area is 182 Å². The van der Waals surface area contributed by atoms with Crippen LogP contribution in [-0.4, -0.2) is 54.9 Å². The summed E-state index contributed by atoms with van der Waals surface area (Å²) in [7, 11) is 0. The highest BCUT2D eigenvalue weighted by atomic mass is 16.2. The van der Waals surface area contributed by atoms with Crippen LogP contribution in [0.5, 0.6) is 0 Å². The lowest BCUT2D eigenvalue weighted by molar-refractivity contribution is -0.364. The number of guanidine groups is 1. The third-order valence-electron chi connectivity index (χ3n) is 5.67. The Hall–Kier alpha value is -3.42. The van der Waals surface area contributed by atoms with E-state index in [1.807, 2.05) is 53.6 Å². The zero-order valence-electron chi connectivity index (χ0n) is 18.0. The Balaban J connectivity index is 1.39. The predicted molar refractivity (Wildman–Crippen MR) is 120 cm³/mol. The van der Waals surface area contributed by atoms with Gasteiger partial charge in [-0.3, -0.25) is 19.8 Å². The van der Waals surface area contributed by atoms with E-state index < -0.39 is 6.04 Å². The molecular weight excluding hydrogens is 392 g/mol. The molecule has 3 N–H and O–H groups in total. The molecule has 4 rings (SSSR count). The number of benzene rings is 1. The molecule has 0 saturated carbocycles. The molecular formula is C23H29N6O2+. The van der Waals surface area contributed by atoms with Gasteiger partial charge in [-0.2, -0.15) is 0 Å². The van der Waals surface area contributed by atoms with E-state index in [9.17, 15) is 9.59 Å². The number of hydrogen-bond acceptors (Lipinski definition) is 5. The number of piperazine rings is 1. The second-order valence-corrected chi connectivity index (χ2v) is 8.21. The molecule has 31 heavy (non-hydrogen) atoms. The number of pyridine rings is 1. The number of anilines is 2. The quantitative estimate of drug-likeness (QED) is 0.785. The molecule has 3 heterocycles. The lowest BCUT2D eigenvalue weighted by Gasteiger charge is -2.34. The first-order valence-corrected chi connectivity index (χ1v) is 10.7. The standard InChI is InChI=1S/C23H28N6O2/c1-16(2)17-6-8-18(9-7-17)25-22(31)19-15-21(30)27-23(26-19)29-13-11-28(12-14-29)20-5-3-4-10-24-20/h3-10,16,19H,11-15H2,1-2H3,(H,25,31)(H,26,27,30)/p+1/t19-/m0/s1. The van der Waals surface area contributed by atoms with Crippen molar-refractivity contribution in [2.75, 3.05) is 36.4 Å². The molecule has 0 spiro atoms. The second kappa shape index (κ2) is 9.16. The van der Waals surface area contributed by atoms with Gasteiger partial charge in [-0.1, -0.05) is 32.0 Å². The predicted octanol–water partition coefficient (Wildman–Crippen LogP) is 1.63. The van der Waals surface area contributed by atoms with Crippen LogP contribution < -0.4 is 20.5 Å². The van der Waals surface area contributed by atoms with E-state index in [1.54, 1.807) is 0 Å². The molecule has 0 bridgehead atoms. The van der Waals surface area contributed by atoms with Crippen LogP contribution >= 0.6 is 0 Å². The first kappa shape index (κ1) is 20.8. The lowest BCUT2D eigenvalue weighted by atomic mass is 10.0. The molecule has 1 aromatic heterocycles. The Kier molecular flexibility index (Phi) is 6.16.